The highest BCUT2D eigenvalue weighted by Crippen LogP contribution is 2.60. The van der Waals surface area contributed by atoms with Crippen LogP contribution in [0, 0.1) is 21.7 Å². The first-order chi connectivity index (χ1) is 16.2. The van der Waals surface area contributed by atoms with E-state index in [9.17, 15) is 14.4 Å². The molecular formula is C29H52N2O4. The molecule has 6 nitrogen and oxygen atoms in total. The molecule has 2 rings (SSSR count). The number of carbonyl (C=O) groups excluding carboxylic acids is 3. The fourth-order valence-corrected chi connectivity index (χ4v) is 6.49. The Bertz CT molecular complexity index is 777. The van der Waals surface area contributed by atoms with Crippen LogP contribution in [0.15, 0.2) is 0 Å². The lowest BCUT2D eigenvalue weighted by Crippen LogP contribution is -2.61. The second-order valence-corrected chi connectivity index (χ2v) is 12.6. The quantitative estimate of drug-likeness (QED) is 0.304. The summed E-state index contributed by atoms with van der Waals surface area (Å²) >= 11 is 0. The molecule has 0 aromatic heterocycles. The molecule has 2 aliphatic heterocycles. The molecule has 3 unspecified atom stereocenters. The van der Waals surface area contributed by atoms with Crippen molar-refractivity contribution in [3.8, 4) is 0 Å². The van der Waals surface area contributed by atoms with E-state index < -0.39 is 10.8 Å². The number of carbonyl (C=O) groups is 3. The molecule has 2 aliphatic rings. The van der Waals surface area contributed by atoms with Gasteiger partial charge in [-0.3, -0.25) is 14.4 Å². The third kappa shape index (κ3) is 5.72. The van der Waals surface area contributed by atoms with Crippen molar-refractivity contribution >= 4 is 17.8 Å². The highest BCUT2D eigenvalue weighted by molar-refractivity contribution is 5.79. The van der Waals surface area contributed by atoms with E-state index in [4.69, 9.17) is 4.74 Å². The number of esters is 1. The van der Waals surface area contributed by atoms with Crippen LogP contribution in [0.3, 0.4) is 0 Å². The third-order valence-corrected chi connectivity index (χ3v) is 10.3. The summed E-state index contributed by atoms with van der Waals surface area (Å²) in [6.45, 7) is 22.0. The summed E-state index contributed by atoms with van der Waals surface area (Å²) in [5.41, 5.74) is -1.38. The number of ether oxygens (including phenoxy) is 1. The normalized spacial score (nSPS) is 21.7. The van der Waals surface area contributed by atoms with Crippen molar-refractivity contribution in [1.82, 2.24) is 9.80 Å². The van der Waals surface area contributed by atoms with Crippen LogP contribution in [0.4, 0.5) is 0 Å². The molecule has 202 valence electrons. The van der Waals surface area contributed by atoms with Gasteiger partial charge in [-0.05, 0) is 62.2 Å². The monoisotopic (exact) mass is 492 g/mol. The van der Waals surface area contributed by atoms with Crippen LogP contribution < -0.4 is 0 Å². The largest absolute Gasteiger partial charge is 0.463 e. The zero-order chi connectivity index (χ0) is 26.7. The Labute approximate surface area is 214 Å². The van der Waals surface area contributed by atoms with Crippen molar-refractivity contribution in [3.63, 3.8) is 0 Å². The van der Waals surface area contributed by atoms with Crippen LogP contribution in [0.1, 0.15) is 114 Å². The molecule has 0 aromatic carbocycles. The predicted molar refractivity (Wildman–Crippen MR) is 141 cm³/mol. The summed E-state index contributed by atoms with van der Waals surface area (Å²) in [5.74, 6) is 0.180. The molecule has 0 radical (unpaired) electrons. The van der Waals surface area contributed by atoms with Crippen molar-refractivity contribution in [3.05, 3.63) is 0 Å². The van der Waals surface area contributed by atoms with E-state index in [1.54, 1.807) is 4.90 Å². The van der Waals surface area contributed by atoms with Crippen molar-refractivity contribution < 1.29 is 19.1 Å². The molecule has 0 aliphatic carbocycles. The maximum atomic E-state index is 13.6. The highest BCUT2D eigenvalue weighted by atomic mass is 16.5. The Morgan fingerprint density at radius 1 is 0.886 bits per heavy atom. The summed E-state index contributed by atoms with van der Waals surface area (Å²) in [5, 5.41) is 0. The van der Waals surface area contributed by atoms with Gasteiger partial charge >= 0.3 is 5.97 Å². The maximum Gasteiger partial charge on any atom is 0.312 e. The van der Waals surface area contributed by atoms with Crippen molar-refractivity contribution in [2.45, 2.75) is 120 Å². The molecule has 0 N–H and O–H groups in total. The molecule has 2 saturated heterocycles. The van der Waals surface area contributed by atoms with E-state index in [-0.39, 0.29) is 41.3 Å². The second-order valence-electron chi connectivity index (χ2n) is 12.6. The van der Waals surface area contributed by atoms with Gasteiger partial charge in [0.15, 0.2) is 0 Å². The lowest BCUT2D eigenvalue weighted by atomic mass is 9.47. The first-order valence-corrected chi connectivity index (χ1v) is 13.9. The van der Waals surface area contributed by atoms with E-state index in [0.717, 1.165) is 51.6 Å². The SMILES string of the molecule is CCC(C)(C)CC(N1CCCC1=O)C(C)(CC)C(C)(CC)C(C)(C)C(=O)OCCN1CCCC1=O. The topological polar surface area (TPSA) is 66.9 Å². The van der Waals surface area contributed by atoms with Crippen LogP contribution >= 0.6 is 0 Å². The standard InChI is InChI=1S/C29H52N2O4/c1-10-26(4,5)21-22(31-18-14-16-24(31)33)28(8,11-2)29(9,12-3)27(6,7)25(34)35-20-19-30-17-13-15-23(30)32/h22H,10-21H2,1-9H3. The molecule has 0 saturated carbocycles. The first kappa shape index (κ1) is 29.6. The zero-order valence-corrected chi connectivity index (χ0v) is 24.1. The van der Waals surface area contributed by atoms with Gasteiger partial charge in [0.1, 0.15) is 6.61 Å². The molecule has 6 heteroatoms. The third-order valence-electron chi connectivity index (χ3n) is 10.3. The van der Waals surface area contributed by atoms with Gasteiger partial charge < -0.3 is 14.5 Å². The van der Waals surface area contributed by atoms with Crippen LogP contribution in [-0.4, -0.2) is 59.9 Å². The number of nitrogens with zero attached hydrogens (tertiary/aromatic N) is 2. The van der Waals surface area contributed by atoms with E-state index >= 15 is 0 Å². The van der Waals surface area contributed by atoms with Gasteiger partial charge in [0.25, 0.3) is 0 Å². The average Bonchev–Trinajstić information content (AvgIpc) is 3.43. The van der Waals surface area contributed by atoms with E-state index in [0.29, 0.717) is 19.4 Å². The van der Waals surface area contributed by atoms with Gasteiger partial charge in [0.2, 0.25) is 11.8 Å². The van der Waals surface area contributed by atoms with Gasteiger partial charge in [-0.15, -0.1) is 0 Å². The van der Waals surface area contributed by atoms with E-state index in [2.05, 4.69) is 53.4 Å². The number of hydrogen-bond acceptors (Lipinski definition) is 4. The zero-order valence-electron chi connectivity index (χ0n) is 24.1. The minimum absolute atomic E-state index is 0.0525. The fourth-order valence-electron chi connectivity index (χ4n) is 6.49. The predicted octanol–water partition coefficient (Wildman–Crippen LogP) is 5.83. The Balaban J connectivity index is 2.37. The Hall–Kier alpha value is -1.59. The Kier molecular flexibility index (Phi) is 9.49. The summed E-state index contributed by atoms with van der Waals surface area (Å²) in [4.78, 5) is 42.5. The number of likely N-dealkylation sites (tertiary alicyclic amines) is 2. The van der Waals surface area contributed by atoms with Crippen molar-refractivity contribution in [1.29, 1.82) is 0 Å². The van der Waals surface area contributed by atoms with Crippen molar-refractivity contribution in [2.24, 2.45) is 21.7 Å². The van der Waals surface area contributed by atoms with Gasteiger partial charge in [-0.25, -0.2) is 0 Å². The molecule has 0 bridgehead atoms. The molecular weight excluding hydrogens is 440 g/mol. The molecule has 0 spiro atoms. The molecule has 2 amide bonds. The van der Waals surface area contributed by atoms with E-state index in [1.807, 2.05) is 13.8 Å². The van der Waals surface area contributed by atoms with Crippen LogP contribution in [0.25, 0.3) is 0 Å². The number of amides is 2. The Morgan fingerprint density at radius 2 is 1.49 bits per heavy atom. The van der Waals surface area contributed by atoms with Gasteiger partial charge in [0, 0.05) is 32.0 Å². The average molecular weight is 493 g/mol. The molecule has 3 atom stereocenters. The first-order valence-electron chi connectivity index (χ1n) is 13.9. The van der Waals surface area contributed by atoms with Crippen LogP contribution in [0.2, 0.25) is 0 Å². The maximum absolute atomic E-state index is 13.6. The summed E-state index contributed by atoms with van der Waals surface area (Å²) < 4.78 is 5.84. The minimum atomic E-state index is -0.765. The molecule has 2 fully saturated rings. The van der Waals surface area contributed by atoms with Gasteiger partial charge in [0.05, 0.1) is 12.0 Å². The van der Waals surface area contributed by atoms with Crippen LogP contribution in [0.5, 0.6) is 0 Å². The summed E-state index contributed by atoms with van der Waals surface area (Å²) in [7, 11) is 0. The molecule has 35 heavy (non-hydrogen) atoms. The Morgan fingerprint density at radius 3 is 1.94 bits per heavy atom. The van der Waals surface area contributed by atoms with Crippen molar-refractivity contribution in [2.75, 3.05) is 26.2 Å². The number of rotatable bonds is 13. The lowest BCUT2D eigenvalue weighted by molar-refractivity contribution is -0.178. The number of hydrogen-bond donors (Lipinski definition) is 0. The highest BCUT2D eigenvalue weighted by Gasteiger charge is 2.60. The summed E-state index contributed by atoms with van der Waals surface area (Å²) in [6, 6.07) is 0.0525. The van der Waals surface area contributed by atoms with Gasteiger partial charge in [-0.1, -0.05) is 54.9 Å². The smallest absolute Gasteiger partial charge is 0.312 e. The molecule has 2 heterocycles. The summed E-state index contributed by atoms with van der Waals surface area (Å²) in [6.07, 6.45) is 6.61. The molecule has 0 aromatic rings. The second kappa shape index (κ2) is 11.2. The lowest BCUT2D eigenvalue weighted by Gasteiger charge is -2.59. The minimum Gasteiger partial charge on any atom is -0.463 e. The van der Waals surface area contributed by atoms with Gasteiger partial charge in [-0.2, -0.15) is 0 Å². The fraction of sp³-hybridized carbons (Fsp3) is 0.897. The van der Waals surface area contributed by atoms with E-state index in [1.165, 1.54) is 0 Å². The van der Waals surface area contributed by atoms with Crippen LogP contribution in [-0.2, 0) is 19.1 Å².